The van der Waals surface area contributed by atoms with Crippen molar-refractivity contribution in [2.45, 2.75) is 45.3 Å². The largest absolute Gasteiger partial charge is 0.379 e. The Balaban J connectivity index is 0.000000209. The fourth-order valence-electron chi connectivity index (χ4n) is 2.00. The molecule has 2 aliphatic rings. The van der Waals surface area contributed by atoms with Crippen molar-refractivity contribution in [1.82, 2.24) is 4.90 Å². The van der Waals surface area contributed by atoms with Crippen LogP contribution in [0.4, 0.5) is 0 Å². The van der Waals surface area contributed by atoms with E-state index in [2.05, 4.69) is 0 Å². The summed E-state index contributed by atoms with van der Waals surface area (Å²) in [6.07, 6.45) is 3.57. The Bertz CT molecular complexity index is 237. The number of nitrogens with zero attached hydrogens (tertiary/aromatic N) is 1. The van der Waals surface area contributed by atoms with E-state index in [0.717, 1.165) is 38.9 Å². The van der Waals surface area contributed by atoms with Crippen LogP contribution in [0.25, 0.3) is 0 Å². The molecule has 100 valence electrons. The minimum Gasteiger partial charge on any atom is -0.379 e. The summed E-state index contributed by atoms with van der Waals surface area (Å²) in [5.74, 6) is 0.619. The fraction of sp³-hybridized carbons (Fsp3) is 0.923. The van der Waals surface area contributed by atoms with E-state index >= 15 is 0 Å². The summed E-state index contributed by atoms with van der Waals surface area (Å²) in [4.78, 5) is 12.3. The predicted octanol–water partition coefficient (Wildman–Crippen LogP) is 1.68. The summed E-state index contributed by atoms with van der Waals surface area (Å²) < 4.78 is 10.4. The smallest absolute Gasteiger partial charge is 0.209 e. The van der Waals surface area contributed by atoms with Crippen LogP contribution in [0.3, 0.4) is 0 Å². The van der Waals surface area contributed by atoms with E-state index in [1.165, 1.54) is 0 Å². The number of carbonyl (C=O) groups excluding carboxylic acids is 1. The summed E-state index contributed by atoms with van der Waals surface area (Å²) in [7, 11) is 1.71. The Labute approximate surface area is 104 Å². The zero-order chi connectivity index (χ0) is 12.9. The maximum Gasteiger partial charge on any atom is 0.209 e. The molecule has 4 nitrogen and oxygen atoms in total. The van der Waals surface area contributed by atoms with Crippen molar-refractivity contribution in [1.29, 1.82) is 0 Å². The lowest BCUT2D eigenvalue weighted by Gasteiger charge is -2.31. The molecule has 0 radical (unpaired) electrons. The van der Waals surface area contributed by atoms with Gasteiger partial charge in [-0.25, -0.2) is 0 Å². The number of amides is 1. The van der Waals surface area contributed by atoms with Gasteiger partial charge in [0.1, 0.15) is 0 Å². The topological polar surface area (TPSA) is 38.8 Å². The summed E-state index contributed by atoms with van der Waals surface area (Å²) in [6.45, 7) is 8.74. The molecule has 2 aliphatic heterocycles. The molecule has 4 heteroatoms. The molecular weight excluding hydrogens is 218 g/mol. The van der Waals surface area contributed by atoms with Crippen LogP contribution >= 0.6 is 0 Å². The van der Waals surface area contributed by atoms with Crippen molar-refractivity contribution in [3.8, 4) is 0 Å². The van der Waals surface area contributed by atoms with E-state index in [-0.39, 0.29) is 5.60 Å². The molecule has 1 amide bonds. The predicted molar refractivity (Wildman–Crippen MR) is 66.9 cm³/mol. The Morgan fingerprint density at radius 3 is 2.53 bits per heavy atom. The standard InChI is InChI=1S/C8H13NO2.C5H12O/c10-6-9-3-1-8-7(5-9)2-4-11-8;1-5(2,3)6-4/h6-8H,1-5H2;1-4H3. The first-order chi connectivity index (χ1) is 7.96. The van der Waals surface area contributed by atoms with Crippen molar-refractivity contribution in [3.63, 3.8) is 0 Å². The van der Waals surface area contributed by atoms with Crippen LogP contribution in [0.5, 0.6) is 0 Å². The van der Waals surface area contributed by atoms with Crippen LogP contribution < -0.4 is 0 Å². The number of fused-ring (bicyclic) bond motifs is 1. The highest BCUT2D eigenvalue weighted by Gasteiger charge is 2.33. The molecule has 0 aromatic carbocycles. The fourth-order valence-corrected chi connectivity index (χ4v) is 2.00. The lowest BCUT2D eigenvalue weighted by atomic mass is 9.95. The van der Waals surface area contributed by atoms with Crippen molar-refractivity contribution in [2.75, 3.05) is 26.8 Å². The lowest BCUT2D eigenvalue weighted by Crippen LogP contribution is -2.40. The molecule has 2 rings (SSSR count). The van der Waals surface area contributed by atoms with Gasteiger partial charge in [-0.15, -0.1) is 0 Å². The van der Waals surface area contributed by atoms with E-state index in [4.69, 9.17) is 9.47 Å². The van der Waals surface area contributed by atoms with Gasteiger partial charge in [-0.05, 0) is 33.6 Å². The normalized spacial score (nSPS) is 28.1. The average Bonchev–Trinajstić information content (AvgIpc) is 2.75. The Morgan fingerprint density at radius 1 is 1.35 bits per heavy atom. The van der Waals surface area contributed by atoms with Crippen LogP contribution in [0.15, 0.2) is 0 Å². The Morgan fingerprint density at radius 2 is 2.00 bits per heavy atom. The minimum absolute atomic E-state index is 0.0417. The molecule has 17 heavy (non-hydrogen) atoms. The first kappa shape index (κ1) is 14.5. The van der Waals surface area contributed by atoms with Gasteiger partial charge in [0.05, 0.1) is 11.7 Å². The molecular formula is C13H25NO3. The molecule has 0 aromatic heterocycles. The van der Waals surface area contributed by atoms with Crippen LogP contribution in [-0.4, -0.2) is 49.8 Å². The summed E-state index contributed by atoms with van der Waals surface area (Å²) in [5.41, 5.74) is 0.0417. The average molecular weight is 243 g/mol. The molecule has 0 N–H and O–H groups in total. The number of ether oxygens (including phenoxy) is 2. The molecule has 2 unspecified atom stereocenters. The van der Waals surface area contributed by atoms with Crippen LogP contribution in [-0.2, 0) is 14.3 Å². The van der Waals surface area contributed by atoms with Gasteiger partial charge in [0, 0.05) is 32.7 Å². The third-order valence-electron chi connectivity index (χ3n) is 3.28. The second kappa shape index (κ2) is 6.36. The van der Waals surface area contributed by atoms with Gasteiger partial charge >= 0.3 is 0 Å². The van der Waals surface area contributed by atoms with Crippen molar-refractivity contribution >= 4 is 6.41 Å². The highest BCUT2D eigenvalue weighted by molar-refractivity contribution is 5.47. The third kappa shape index (κ3) is 5.04. The summed E-state index contributed by atoms with van der Waals surface area (Å²) >= 11 is 0. The molecule has 0 spiro atoms. The number of piperidine rings is 1. The number of likely N-dealkylation sites (tertiary alicyclic amines) is 1. The van der Waals surface area contributed by atoms with Gasteiger partial charge in [-0.3, -0.25) is 4.79 Å². The zero-order valence-electron chi connectivity index (χ0n) is 11.4. The number of rotatable bonds is 1. The summed E-state index contributed by atoms with van der Waals surface area (Å²) in [5, 5.41) is 0. The maximum absolute atomic E-state index is 10.4. The van der Waals surface area contributed by atoms with Gasteiger partial charge < -0.3 is 14.4 Å². The molecule has 2 fully saturated rings. The van der Waals surface area contributed by atoms with Crippen molar-refractivity contribution in [3.05, 3.63) is 0 Å². The number of carbonyl (C=O) groups is 1. The van der Waals surface area contributed by atoms with Crippen molar-refractivity contribution in [2.24, 2.45) is 5.92 Å². The number of hydrogen-bond donors (Lipinski definition) is 0. The third-order valence-corrected chi connectivity index (χ3v) is 3.28. The summed E-state index contributed by atoms with van der Waals surface area (Å²) in [6, 6.07) is 0. The molecule has 0 bridgehead atoms. The highest BCUT2D eigenvalue weighted by Crippen LogP contribution is 2.27. The monoisotopic (exact) mass is 243 g/mol. The molecule has 0 aliphatic carbocycles. The first-order valence-corrected chi connectivity index (χ1v) is 6.32. The van der Waals surface area contributed by atoms with E-state index in [0.29, 0.717) is 12.0 Å². The maximum atomic E-state index is 10.4. The van der Waals surface area contributed by atoms with Gasteiger partial charge in [0.2, 0.25) is 6.41 Å². The molecule has 2 saturated heterocycles. The zero-order valence-corrected chi connectivity index (χ0v) is 11.4. The van der Waals surface area contributed by atoms with E-state index in [9.17, 15) is 4.79 Å². The highest BCUT2D eigenvalue weighted by atomic mass is 16.5. The first-order valence-electron chi connectivity index (χ1n) is 6.32. The molecule has 2 heterocycles. The molecule has 0 saturated carbocycles. The number of methoxy groups -OCH3 is 1. The molecule has 0 aromatic rings. The van der Waals surface area contributed by atoms with E-state index in [1.807, 2.05) is 25.7 Å². The lowest BCUT2D eigenvalue weighted by molar-refractivity contribution is -0.120. The minimum atomic E-state index is 0.0417. The second-order valence-electron chi connectivity index (χ2n) is 5.66. The van der Waals surface area contributed by atoms with Crippen LogP contribution in [0.1, 0.15) is 33.6 Å². The Kier molecular flexibility index (Phi) is 5.40. The van der Waals surface area contributed by atoms with Crippen LogP contribution in [0, 0.1) is 5.92 Å². The van der Waals surface area contributed by atoms with Gasteiger partial charge in [-0.1, -0.05) is 0 Å². The second-order valence-corrected chi connectivity index (χ2v) is 5.66. The van der Waals surface area contributed by atoms with E-state index < -0.39 is 0 Å². The Hall–Kier alpha value is -0.610. The van der Waals surface area contributed by atoms with Crippen LogP contribution in [0.2, 0.25) is 0 Å². The van der Waals surface area contributed by atoms with Gasteiger partial charge in [0.25, 0.3) is 0 Å². The SMILES string of the molecule is COC(C)(C)C.O=CN1CCC2OCCC2C1. The van der Waals surface area contributed by atoms with Gasteiger partial charge in [-0.2, -0.15) is 0 Å². The van der Waals surface area contributed by atoms with E-state index in [1.54, 1.807) is 7.11 Å². The van der Waals surface area contributed by atoms with Gasteiger partial charge in [0.15, 0.2) is 0 Å². The quantitative estimate of drug-likeness (QED) is 0.658. The molecule has 2 atom stereocenters. The van der Waals surface area contributed by atoms with Crippen molar-refractivity contribution < 1.29 is 14.3 Å². The number of hydrogen-bond acceptors (Lipinski definition) is 3.